The molecule has 36 heavy (non-hydrogen) atoms. The summed E-state index contributed by atoms with van der Waals surface area (Å²) in [5.41, 5.74) is 6.61. The summed E-state index contributed by atoms with van der Waals surface area (Å²) in [7, 11) is -2.77. The fourth-order valence-corrected chi connectivity index (χ4v) is 4.96. The number of hydrogen-bond donors (Lipinski definition) is 4. The third-order valence-electron chi connectivity index (χ3n) is 5.96. The molecule has 1 aliphatic heterocycles. The summed E-state index contributed by atoms with van der Waals surface area (Å²) in [4.78, 5) is 33.0. The lowest BCUT2D eigenvalue weighted by Crippen LogP contribution is -2.35. The van der Waals surface area contributed by atoms with Crippen molar-refractivity contribution < 1.29 is 38.1 Å². The molecule has 14 nitrogen and oxygen atoms in total. The van der Waals surface area contributed by atoms with E-state index in [2.05, 4.69) is 27.0 Å². The standard InChI is InChI=1S/C21H35N6O8P/c1-3-5-14(6-4-8-28)10-33-9-7-26-36(30,31)34-11-15-17(29)18(32-2)21(35-15)27-13-25-16-19(22)23-12-24-20(16)27/h8,12-15,17-18,21,29H,3-7,9-11H2,1-2H3,(H2,22,23,24)(H2,26,30,31)/t14?,15-,17?,18?,21-/m1/s1. The van der Waals surface area contributed by atoms with Gasteiger partial charge in [0.2, 0.25) is 0 Å². The lowest BCUT2D eigenvalue weighted by atomic mass is 9.99. The molecule has 0 spiro atoms. The number of nitrogen functional groups attached to an aromatic ring is 1. The van der Waals surface area contributed by atoms with Crippen LogP contribution in [-0.2, 0) is 28.1 Å². The van der Waals surface area contributed by atoms with E-state index in [-0.39, 0.29) is 31.5 Å². The van der Waals surface area contributed by atoms with E-state index < -0.39 is 32.3 Å². The van der Waals surface area contributed by atoms with Gasteiger partial charge in [0.25, 0.3) is 0 Å². The van der Waals surface area contributed by atoms with Crippen LogP contribution in [0.2, 0.25) is 0 Å². The highest BCUT2D eigenvalue weighted by molar-refractivity contribution is 7.50. The molecule has 1 saturated heterocycles. The number of imidazole rings is 1. The Balaban J connectivity index is 1.49. The number of carbonyl (C=O) groups is 1. The summed E-state index contributed by atoms with van der Waals surface area (Å²) in [6.07, 6.45) is 3.07. The number of nitrogens with zero attached hydrogens (tertiary/aromatic N) is 4. The van der Waals surface area contributed by atoms with Crippen LogP contribution in [0, 0.1) is 5.92 Å². The van der Waals surface area contributed by atoms with Gasteiger partial charge in [-0.2, -0.15) is 0 Å². The Hall–Kier alpha value is -2.03. The van der Waals surface area contributed by atoms with E-state index in [9.17, 15) is 19.4 Å². The van der Waals surface area contributed by atoms with Gasteiger partial charge in [-0.05, 0) is 18.8 Å². The Labute approximate surface area is 209 Å². The van der Waals surface area contributed by atoms with E-state index in [1.54, 1.807) is 4.57 Å². The first-order chi connectivity index (χ1) is 17.3. The molecule has 4 unspecified atom stereocenters. The molecule has 3 rings (SSSR count). The van der Waals surface area contributed by atoms with Crippen LogP contribution in [0.1, 0.15) is 38.8 Å². The third kappa shape index (κ3) is 7.26. The summed E-state index contributed by atoms with van der Waals surface area (Å²) >= 11 is 0. The maximum atomic E-state index is 12.4. The molecule has 0 aromatic carbocycles. The van der Waals surface area contributed by atoms with Crippen molar-refractivity contribution in [1.29, 1.82) is 0 Å². The van der Waals surface area contributed by atoms with Crippen molar-refractivity contribution >= 4 is 31.0 Å². The maximum absolute atomic E-state index is 12.4. The van der Waals surface area contributed by atoms with Crippen LogP contribution in [0.4, 0.5) is 5.82 Å². The highest BCUT2D eigenvalue weighted by Crippen LogP contribution is 2.39. The molecule has 0 aliphatic carbocycles. The Morgan fingerprint density at radius 3 is 2.89 bits per heavy atom. The van der Waals surface area contributed by atoms with Crippen LogP contribution >= 0.6 is 7.75 Å². The van der Waals surface area contributed by atoms with Crippen molar-refractivity contribution in [3.8, 4) is 0 Å². The molecule has 1 aliphatic rings. The molecule has 1 fully saturated rings. The summed E-state index contributed by atoms with van der Waals surface area (Å²) in [6, 6.07) is 0. The number of nitrogens with two attached hydrogens (primary N) is 1. The number of methoxy groups -OCH3 is 1. The highest BCUT2D eigenvalue weighted by atomic mass is 31.2. The minimum atomic E-state index is -4.18. The van der Waals surface area contributed by atoms with E-state index >= 15 is 0 Å². The fourth-order valence-electron chi connectivity index (χ4n) is 4.14. The number of hydrogen-bond acceptors (Lipinski definition) is 11. The predicted octanol–water partition coefficient (Wildman–Crippen LogP) is 0.800. The zero-order chi connectivity index (χ0) is 26.1. The SMILES string of the molecule is CCCC(CCC=O)COCCNP(=O)(O)OC[C@H]1O[C@@H](n2cnc3c(N)ncnc32)C(OC)C1O. The first-order valence-corrected chi connectivity index (χ1v) is 13.4. The molecule has 2 aromatic heterocycles. The van der Waals surface area contributed by atoms with Crippen molar-refractivity contribution in [3.05, 3.63) is 12.7 Å². The zero-order valence-electron chi connectivity index (χ0n) is 20.4. The number of fused-ring (bicyclic) bond motifs is 1. The Kier molecular flexibility index (Phi) is 10.7. The fraction of sp³-hybridized carbons (Fsp3) is 0.714. The summed E-state index contributed by atoms with van der Waals surface area (Å²) in [5, 5.41) is 13.1. The molecule has 5 N–H and O–H groups in total. The molecule has 0 saturated carbocycles. The maximum Gasteiger partial charge on any atom is 0.403 e. The monoisotopic (exact) mass is 530 g/mol. The summed E-state index contributed by atoms with van der Waals surface area (Å²) < 4.78 is 36.0. The van der Waals surface area contributed by atoms with Gasteiger partial charge in [-0.25, -0.2) is 24.6 Å². The lowest BCUT2D eigenvalue weighted by Gasteiger charge is -2.19. The number of aliphatic hydroxyl groups excluding tert-OH is 1. The van der Waals surface area contributed by atoms with Gasteiger partial charge in [-0.15, -0.1) is 0 Å². The minimum absolute atomic E-state index is 0.0832. The van der Waals surface area contributed by atoms with Gasteiger partial charge in [-0.1, -0.05) is 13.3 Å². The normalized spacial score (nSPS) is 24.7. The first kappa shape index (κ1) is 28.5. The second kappa shape index (κ2) is 13.5. The van der Waals surface area contributed by atoms with Crippen LogP contribution in [-0.4, -0.2) is 87.6 Å². The van der Waals surface area contributed by atoms with Crippen molar-refractivity contribution in [2.24, 2.45) is 5.92 Å². The summed E-state index contributed by atoms with van der Waals surface area (Å²) in [6.45, 7) is 2.46. The quantitative estimate of drug-likeness (QED) is 0.135. The predicted molar refractivity (Wildman–Crippen MR) is 129 cm³/mol. The first-order valence-electron chi connectivity index (χ1n) is 11.8. The Morgan fingerprint density at radius 1 is 1.36 bits per heavy atom. The molecule has 3 heterocycles. The van der Waals surface area contributed by atoms with Gasteiger partial charge in [0.1, 0.15) is 36.4 Å². The van der Waals surface area contributed by atoms with E-state index in [0.717, 1.165) is 25.5 Å². The van der Waals surface area contributed by atoms with Crippen LogP contribution < -0.4 is 10.8 Å². The van der Waals surface area contributed by atoms with E-state index in [4.69, 9.17) is 24.5 Å². The largest absolute Gasteiger partial charge is 0.403 e. The second-order valence-corrected chi connectivity index (χ2v) is 10.2. The molecular weight excluding hydrogens is 495 g/mol. The van der Waals surface area contributed by atoms with Gasteiger partial charge < -0.3 is 34.7 Å². The lowest BCUT2D eigenvalue weighted by molar-refractivity contribution is -0.108. The molecule has 202 valence electrons. The number of ether oxygens (including phenoxy) is 3. The van der Waals surface area contributed by atoms with Gasteiger partial charge in [0.05, 0.1) is 19.5 Å². The molecule has 0 amide bonds. The number of aldehydes is 1. The average molecular weight is 531 g/mol. The molecule has 0 radical (unpaired) electrons. The summed E-state index contributed by atoms with van der Waals surface area (Å²) in [5.74, 6) is 0.472. The average Bonchev–Trinajstić information content (AvgIpc) is 3.42. The van der Waals surface area contributed by atoms with Gasteiger partial charge in [0, 0.05) is 26.7 Å². The van der Waals surface area contributed by atoms with Gasteiger partial charge in [0.15, 0.2) is 17.7 Å². The van der Waals surface area contributed by atoms with Crippen LogP contribution in [0.5, 0.6) is 0 Å². The molecule has 6 atom stereocenters. The van der Waals surface area contributed by atoms with Gasteiger partial charge >= 0.3 is 7.75 Å². The van der Waals surface area contributed by atoms with Crippen molar-refractivity contribution in [3.63, 3.8) is 0 Å². The molecule has 0 bridgehead atoms. The molecule has 2 aromatic rings. The van der Waals surface area contributed by atoms with Crippen LogP contribution in [0.15, 0.2) is 12.7 Å². The Morgan fingerprint density at radius 2 is 2.17 bits per heavy atom. The number of rotatable bonds is 16. The van der Waals surface area contributed by atoms with Crippen molar-refractivity contribution in [2.45, 2.75) is 57.1 Å². The highest BCUT2D eigenvalue weighted by Gasteiger charge is 2.46. The van der Waals surface area contributed by atoms with Crippen molar-refractivity contribution in [1.82, 2.24) is 24.6 Å². The number of aliphatic hydroxyl groups is 1. The van der Waals surface area contributed by atoms with E-state index in [1.807, 2.05) is 0 Å². The molecular formula is C21H35N6O8P. The number of nitrogens with one attached hydrogen (secondary N) is 1. The Bertz CT molecular complexity index is 1030. The van der Waals surface area contributed by atoms with Crippen LogP contribution in [0.3, 0.4) is 0 Å². The van der Waals surface area contributed by atoms with Gasteiger partial charge in [-0.3, -0.25) is 9.09 Å². The number of aromatic nitrogens is 4. The second-order valence-electron chi connectivity index (χ2n) is 8.54. The van der Waals surface area contributed by atoms with E-state index in [1.165, 1.54) is 19.8 Å². The van der Waals surface area contributed by atoms with E-state index in [0.29, 0.717) is 24.2 Å². The molecule has 15 heteroatoms. The smallest absolute Gasteiger partial charge is 0.387 e. The van der Waals surface area contributed by atoms with Crippen molar-refractivity contribution in [2.75, 3.05) is 39.2 Å². The zero-order valence-corrected chi connectivity index (χ0v) is 21.3. The number of anilines is 1. The minimum Gasteiger partial charge on any atom is -0.387 e. The third-order valence-corrected chi connectivity index (χ3v) is 7.08. The topological polar surface area (TPSA) is 193 Å². The van der Waals surface area contributed by atoms with Crippen LogP contribution in [0.25, 0.3) is 11.2 Å². The number of carbonyl (C=O) groups excluding carboxylic acids is 1.